The lowest BCUT2D eigenvalue weighted by Gasteiger charge is -2.29. The summed E-state index contributed by atoms with van der Waals surface area (Å²) in [7, 11) is 1.39. The fraction of sp³-hybridized carbons (Fsp3) is 0.379. The molecule has 0 spiro atoms. The Balaban J connectivity index is 1.68. The summed E-state index contributed by atoms with van der Waals surface area (Å²) in [6, 6.07) is 14.2. The second-order valence-electron chi connectivity index (χ2n) is 9.23. The molecule has 39 heavy (non-hydrogen) atoms. The molecule has 1 heterocycles. The second-order valence-corrected chi connectivity index (χ2v) is 9.23. The van der Waals surface area contributed by atoms with Crippen molar-refractivity contribution in [3.63, 3.8) is 0 Å². The predicted molar refractivity (Wildman–Crippen MR) is 144 cm³/mol. The minimum atomic E-state index is -1.01. The number of benzene rings is 2. The molecule has 0 saturated heterocycles. The Morgan fingerprint density at radius 3 is 2.36 bits per heavy atom. The first kappa shape index (κ1) is 29.2. The third-order valence-electron chi connectivity index (χ3n) is 5.90. The number of carbonyl (C=O) groups is 3. The standard InChI is InChI=1S/C29H34N2O8/c1-17(2)26(39-23-13-9-11-21-10-7-8-12-22(21)23)19(4)38-29(34)18(3)31-28(33)25-27(37-16-36-20(5)32)24(35-6)14-15-30-25/h7-15,17-19,26H,16H2,1-6H3,(H,31,33)/t18-,19-,26-/m0/s1. The van der Waals surface area contributed by atoms with E-state index in [0.29, 0.717) is 5.75 Å². The van der Waals surface area contributed by atoms with Crippen LogP contribution in [0.3, 0.4) is 0 Å². The largest absolute Gasteiger partial charge is 0.493 e. The smallest absolute Gasteiger partial charge is 0.328 e. The fourth-order valence-electron chi connectivity index (χ4n) is 3.96. The number of amides is 1. The number of nitrogens with zero attached hydrogens (tertiary/aromatic N) is 1. The van der Waals surface area contributed by atoms with E-state index in [9.17, 15) is 14.4 Å². The molecule has 0 fully saturated rings. The molecule has 1 aromatic heterocycles. The van der Waals surface area contributed by atoms with Gasteiger partial charge in [-0.25, -0.2) is 9.78 Å². The summed E-state index contributed by atoms with van der Waals surface area (Å²) in [5, 5.41) is 4.58. The number of methoxy groups -OCH3 is 1. The third kappa shape index (κ3) is 7.59. The van der Waals surface area contributed by atoms with Crippen molar-refractivity contribution in [3.8, 4) is 17.2 Å². The molecule has 1 amide bonds. The van der Waals surface area contributed by atoms with Crippen LogP contribution in [0.4, 0.5) is 0 Å². The van der Waals surface area contributed by atoms with Crippen LogP contribution in [0.2, 0.25) is 0 Å². The Bertz CT molecular complexity index is 1300. The van der Waals surface area contributed by atoms with Crippen molar-refractivity contribution in [2.45, 2.75) is 52.9 Å². The van der Waals surface area contributed by atoms with Crippen molar-refractivity contribution in [1.29, 1.82) is 0 Å². The topological polar surface area (TPSA) is 122 Å². The Morgan fingerprint density at radius 2 is 1.67 bits per heavy atom. The van der Waals surface area contributed by atoms with Gasteiger partial charge in [-0.1, -0.05) is 50.2 Å². The van der Waals surface area contributed by atoms with Gasteiger partial charge in [0.2, 0.25) is 6.79 Å². The van der Waals surface area contributed by atoms with Crippen molar-refractivity contribution in [2.24, 2.45) is 5.92 Å². The summed E-state index contributed by atoms with van der Waals surface area (Å²) in [6.07, 6.45) is 0.299. The van der Waals surface area contributed by atoms with Crippen LogP contribution < -0.4 is 19.5 Å². The summed E-state index contributed by atoms with van der Waals surface area (Å²) >= 11 is 0. The Hall–Kier alpha value is -4.34. The van der Waals surface area contributed by atoms with Crippen molar-refractivity contribution in [2.75, 3.05) is 13.9 Å². The van der Waals surface area contributed by atoms with E-state index in [4.69, 9.17) is 23.7 Å². The minimum Gasteiger partial charge on any atom is -0.493 e. The van der Waals surface area contributed by atoms with E-state index < -0.39 is 42.9 Å². The maximum atomic E-state index is 13.0. The van der Waals surface area contributed by atoms with Gasteiger partial charge in [-0.05, 0) is 31.2 Å². The van der Waals surface area contributed by atoms with Crippen molar-refractivity contribution in [1.82, 2.24) is 10.3 Å². The molecule has 208 valence electrons. The number of nitrogens with one attached hydrogen (secondary N) is 1. The number of hydrogen-bond donors (Lipinski definition) is 1. The average molecular weight is 539 g/mol. The Morgan fingerprint density at radius 1 is 0.949 bits per heavy atom. The van der Waals surface area contributed by atoms with Gasteiger partial charge in [0.1, 0.15) is 24.0 Å². The van der Waals surface area contributed by atoms with Crippen molar-refractivity contribution < 1.29 is 38.1 Å². The maximum Gasteiger partial charge on any atom is 0.328 e. The quantitative estimate of drug-likeness (QED) is 0.266. The maximum absolute atomic E-state index is 13.0. The zero-order valence-corrected chi connectivity index (χ0v) is 22.9. The van der Waals surface area contributed by atoms with Crippen LogP contribution in [-0.2, 0) is 19.1 Å². The molecule has 2 aromatic carbocycles. The van der Waals surface area contributed by atoms with E-state index in [2.05, 4.69) is 10.3 Å². The fourth-order valence-corrected chi connectivity index (χ4v) is 3.96. The highest BCUT2D eigenvalue weighted by Gasteiger charge is 2.30. The summed E-state index contributed by atoms with van der Waals surface area (Å²) < 4.78 is 27.5. The number of hydrogen-bond acceptors (Lipinski definition) is 9. The van der Waals surface area contributed by atoms with Crippen LogP contribution in [0.1, 0.15) is 45.1 Å². The Labute approximate surface area is 227 Å². The molecule has 0 bridgehead atoms. The minimum absolute atomic E-state index is 0.0228. The van der Waals surface area contributed by atoms with E-state index in [1.165, 1.54) is 33.2 Å². The number of carbonyl (C=O) groups excluding carboxylic acids is 3. The van der Waals surface area contributed by atoms with E-state index in [-0.39, 0.29) is 23.1 Å². The molecule has 3 atom stereocenters. The molecule has 10 heteroatoms. The van der Waals surface area contributed by atoms with Gasteiger partial charge in [0.15, 0.2) is 17.2 Å². The van der Waals surface area contributed by atoms with Gasteiger partial charge in [-0.3, -0.25) is 9.59 Å². The predicted octanol–water partition coefficient (Wildman–Crippen LogP) is 4.30. The molecule has 1 N–H and O–H groups in total. The van der Waals surface area contributed by atoms with Crippen LogP contribution in [0.15, 0.2) is 54.7 Å². The van der Waals surface area contributed by atoms with Gasteiger partial charge in [0.25, 0.3) is 5.91 Å². The third-order valence-corrected chi connectivity index (χ3v) is 5.90. The number of aromatic nitrogens is 1. The van der Waals surface area contributed by atoms with Gasteiger partial charge < -0.3 is 29.0 Å². The zero-order valence-electron chi connectivity index (χ0n) is 22.9. The second kappa shape index (κ2) is 13.5. The lowest BCUT2D eigenvalue weighted by atomic mass is 10.0. The molecule has 3 rings (SSSR count). The molecule has 0 aliphatic rings. The van der Waals surface area contributed by atoms with Crippen LogP contribution in [0, 0.1) is 5.92 Å². The Kier molecular flexibility index (Phi) is 10.1. The van der Waals surface area contributed by atoms with Crippen molar-refractivity contribution in [3.05, 3.63) is 60.4 Å². The molecule has 3 aromatic rings. The van der Waals surface area contributed by atoms with Gasteiger partial charge in [-0.15, -0.1) is 0 Å². The van der Waals surface area contributed by atoms with Crippen molar-refractivity contribution >= 4 is 28.6 Å². The summed E-state index contributed by atoms with van der Waals surface area (Å²) in [5.41, 5.74) is -0.145. The van der Waals surface area contributed by atoms with E-state index in [0.717, 1.165) is 10.8 Å². The molecule has 0 radical (unpaired) electrons. The summed E-state index contributed by atoms with van der Waals surface area (Å²) in [6.45, 7) is 8.01. The first-order valence-electron chi connectivity index (χ1n) is 12.6. The van der Waals surface area contributed by atoms with Gasteiger partial charge in [-0.2, -0.15) is 0 Å². The number of rotatable bonds is 12. The highest BCUT2D eigenvalue weighted by molar-refractivity contribution is 5.98. The average Bonchev–Trinajstić information content (AvgIpc) is 2.91. The van der Waals surface area contributed by atoms with Gasteiger partial charge in [0.05, 0.1) is 7.11 Å². The molecule has 0 aliphatic carbocycles. The zero-order chi connectivity index (χ0) is 28.5. The van der Waals surface area contributed by atoms with Crippen LogP contribution >= 0.6 is 0 Å². The molecule has 0 aliphatic heterocycles. The molecule has 10 nitrogen and oxygen atoms in total. The lowest BCUT2D eigenvalue weighted by molar-refractivity contribution is -0.155. The first-order valence-corrected chi connectivity index (χ1v) is 12.6. The number of fused-ring (bicyclic) bond motifs is 1. The molecule has 0 saturated carbocycles. The molecular weight excluding hydrogens is 504 g/mol. The van der Waals surface area contributed by atoms with E-state index >= 15 is 0 Å². The number of esters is 2. The highest BCUT2D eigenvalue weighted by atomic mass is 16.7. The van der Waals surface area contributed by atoms with E-state index in [1.54, 1.807) is 6.92 Å². The van der Waals surface area contributed by atoms with E-state index in [1.807, 2.05) is 56.3 Å². The molecule has 0 unspecified atom stereocenters. The first-order chi connectivity index (χ1) is 18.6. The number of ether oxygens (including phenoxy) is 5. The SMILES string of the molecule is COc1ccnc(C(=O)N[C@@H](C)C(=O)O[C@@H](C)[C@@H](Oc2cccc3ccccc23)C(C)C)c1OCOC(C)=O. The van der Waals surface area contributed by atoms with Crippen LogP contribution in [-0.4, -0.2) is 55.0 Å². The summed E-state index contributed by atoms with van der Waals surface area (Å²) in [4.78, 5) is 41.1. The highest BCUT2D eigenvalue weighted by Crippen LogP contribution is 2.30. The van der Waals surface area contributed by atoms with Crippen LogP contribution in [0.25, 0.3) is 10.8 Å². The van der Waals surface area contributed by atoms with Crippen LogP contribution in [0.5, 0.6) is 17.2 Å². The molecular formula is C29H34N2O8. The van der Waals surface area contributed by atoms with Gasteiger partial charge in [0, 0.05) is 24.6 Å². The van der Waals surface area contributed by atoms with Gasteiger partial charge >= 0.3 is 11.9 Å². The lowest BCUT2D eigenvalue weighted by Crippen LogP contribution is -2.44. The summed E-state index contributed by atoms with van der Waals surface area (Å²) in [5.74, 6) is -1.01. The number of pyridine rings is 1. The monoisotopic (exact) mass is 538 g/mol. The normalized spacial score (nSPS) is 13.2.